The van der Waals surface area contributed by atoms with Gasteiger partial charge in [-0.3, -0.25) is 4.79 Å². The first-order valence-electron chi connectivity index (χ1n) is 5.31. The van der Waals surface area contributed by atoms with Crippen LogP contribution < -0.4 is 0 Å². The maximum absolute atomic E-state index is 12.7. The van der Waals surface area contributed by atoms with Crippen LogP contribution in [0.25, 0.3) is 5.82 Å². The summed E-state index contributed by atoms with van der Waals surface area (Å²) in [6.45, 7) is 0. The Labute approximate surface area is 115 Å². The number of halogens is 3. The summed E-state index contributed by atoms with van der Waals surface area (Å²) in [6, 6.07) is 5.50. The van der Waals surface area contributed by atoms with Crippen LogP contribution in [0.3, 0.4) is 0 Å². The zero-order valence-electron chi connectivity index (χ0n) is 9.83. The third-order valence-corrected chi connectivity index (χ3v) is 3.15. The molecular weight excluding hydrogens is 295 g/mol. The van der Waals surface area contributed by atoms with Crippen LogP contribution in [-0.2, 0) is 11.0 Å². The second kappa shape index (κ2) is 5.53. The second-order valence-electron chi connectivity index (χ2n) is 3.65. The number of thioether (sulfide) groups is 1. The summed E-state index contributed by atoms with van der Waals surface area (Å²) in [5.74, 6) is -1.30. The molecule has 0 unspecified atom stereocenters. The van der Waals surface area contributed by atoms with Gasteiger partial charge in [0.1, 0.15) is 5.03 Å². The predicted octanol–water partition coefficient (Wildman–Crippen LogP) is 2.46. The van der Waals surface area contributed by atoms with Crippen LogP contribution in [0, 0.1) is 0 Å². The van der Waals surface area contributed by atoms with Gasteiger partial charge in [0.2, 0.25) is 0 Å². The number of carboxylic acid groups (broad SMARTS) is 1. The molecule has 0 aromatic carbocycles. The van der Waals surface area contributed by atoms with Crippen molar-refractivity contribution in [3.05, 3.63) is 36.2 Å². The summed E-state index contributed by atoms with van der Waals surface area (Å²) in [7, 11) is 0. The van der Waals surface area contributed by atoms with Gasteiger partial charge in [-0.25, -0.2) is 9.67 Å². The molecule has 2 rings (SSSR count). The Morgan fingerprint density at radius 1 is 1.40 bits per heavy atom. The first-order valence-corrected chi connectivity index (χ1v) is 6.30. The number of aliphatic carboxylic acids is 1. The highest BCUT2D eigenvalue weighted by Crippen LogP contribution is 2.32. The van der Waals surface area contributed by atoms with Gasteiger partial charge in [0.25, 0.3) is 0 Å². The third-order valence-electron chi connectivity index (χ3n) is 2.18. The highest BCUT2D eigenvalue weighted by Gasteiger charge is 2.35. The molecule has 20 heavy (non-hydrogen) atoms. The number of alkyl halides is 3. The average Bonchev–Trinajstić information content (AvgIpc) is 2.81. The number of pyridine rings is 1. The number of rotatable bonds is 4. The summed E-state index contributed by atoms with van der Waals surface area (Å²) in [6.07, 6.45) is -3.19. The average molecular weight is 303 g/mol. The summed E-state index contributed by atoms with van der Waals surface area (Å²) in [4.78, 5) is 14.4. The number of aromatic nitrogens is 3. The molecule has 0 fully saturated rings. The molecule has 106 valence electrons. The van der Waals surface area contributed by atoms with E-state index in [0.717, 1.165) is 22.5 Å². The zero-order valence-corrected chi connectivity index (χ0v) is 10.6. The molecular formula is C11H8F3N3O2S. The summed E-state index contributed by atoms with van der Waals surface area (Å²) >= 11 is 0.748. The van der Waals surface area contributed by atoms with Crippen molar-refractivity contribution in [2.45, 2.75) is 11.2 Å². The van der Waals surface area contributed by atoms with Crippen molar-refractivity contribution in [2.24, 2.45) is 0 Å². The minimum atomic E-state index is -4.60. The van der Waals surface area contributed by atoms with E-state index < -0.39 is 17.8 Å². The second-order valence-corrected chi connectivity index (χ2v) is 4.64. The fourth-order valence-corrected chi connectivity index (χ4v) is 2.11. The molecule has 0 amide bonds. The first-order chi connectivity index (χ1) is 9.38. The molecule has 0 aliphatic heterocycles. The molecule has 2 heterocycles. The minimum absolute atomic E-state index is 0.0680. The SMILES string of the molecule is O=C(O)CSc1cc(C(F)(F)F)nn1-c1ccccn1. The lowest BCUT2D eigenvalue weighted by Gasteiger charge is -2.04. The lowest BCUT2D eigenvalue weighted by Crippen LogP contribution is -2.08. The normalized spacial score (nSPS) is 11.6. The van der Waals surface area contributed by atoms with Crippen LogP contribution >= 0.6 is 11.8 Å². The van der Waals surface area contributed by atoms with Gasteiger partial charge in [-0.2, -0.15) is 18.3 Å². The quantitative estimate of drug-likeness (QED) is 0.879. The molecule has 0 radical (unpaired) electrons. The number of nitrogens with zero attached hydrogens (tertiary/aromatic N) is 3. The van der Waals surface area contributed by atoms with Gasteiger partial charge in [-0.1, -0.05) is 17.8 Å². The Morgan fingerprint density at radius 3 is 2.70 bits per heavy atom. The Morgan fingerprint density at radius 2 is 2.15 bits per heavy atom. The van der Waals surface area contributed by atoms with Crippen molar-refractivity contribution in [1.29, 1.82) is 0 Å². The smallest absolute Gasteiger partial charge is 0.435 e. The van der Waals surface area contributed by atoms with Crippen molar-refractivity contribution in [3.8, 4) is 5.82 Å². The highest BCUT2D eigenvalue weighted by molar-refractivity contribution is 7.99. The molecule has 9 heteroatoms. The Hall–Kier alpha value is -2.03. The minimum Gasteiger partial charge on any atom is -0.481 e. The van der Waals surface area contributed by atoms with Crippen LogP contribution in [0.2, 0.25) is 0 Å². The molecule has 0 bridgehead atoms. The van der Waals surface area contributed by atoms with E-state index >= 15 is 0 Å². The van der Waals surface area contributed by atoms with Crippen molar-refractivity contribution in [1.82, 2.24) is 14.8 Å². The molecule has 5 nitrogen and oxygen atoms in total. The molecule has 0 aliphatic rings. The highest BCUT2D eigenvalue weighted by atomic mass is 32.2. The molecule has 0 aliphatic carbocycles. The van der Waals surface area contributed by atoms with Gasteiger partial charge in [-0.05, 0) is 12.1 Å². The zero-order chi connectivity index (χ0) is 14.8. The Kier molecular flexibility index (Phi) is 3.98. The number of carboxylic acids is 1. The predicted molar refractivity (Wildman–Crippen MR) is 64.7 cm³/mol. The summed E-state index contributed by atoms with van der Waals surface area (Å²) in [5, 5.41) is 12.1. The lowest BCUT2D eigenvalue weighted by molar-refractivity contribution is -0.141. The molecule has 1 N–H and O–H groups in total. The number of carbonyl (C=O) groups is 1. The number of hydrogen-bond donors (Lipinski definition) is 1. The van der Waals surface area contributed by atoms with Gasteiger partial charge in [0, 0.05) is 12.3 Å². The molecule has 0 saturated carbocycles. The van der Waals surface area contributed by atoms with Crippen LogP contribution in [0.1, 0.15) is 5.69 Å². The number of hydrogen-bond acceptors (Lipinski definition) is 4. The van der Waals surface area contributed by atoms with E-state index in [0.29, 0.717) is 0 Å². The lowest BCUT2D eigenvalue weighted by atomic mass is 10.4. The third kappa shape index (κ3) is 3.29. The van der Waals surface area contributed by atoms with E-state index in [1.54, 1.807) is 12.1 Å². The monoisotopic (exact) mass is 303 g/mol. The van der Waals surface area contributed by atoms with Crippen molar-refractivity contribution >= 4 is 17.7 Å². The van der Waals surface area contributed by atoms with E-state index in [4.69, 9.17) is 5.11 Å². The van der Waals surface area contributed by atoms with E-state index in [9.17, 15) is 18.0 Å². The summed E-state index contributed by atoms with van der Waals surface area (Å²) in [5.41, 5.74) is -1.09. The topological polar surface area (TPSA) is 68.0 Å². The molecule has 0 saturated heterocycles. The van der Waals surface area contributed by atoms with E-state index in [-0.39, 0.29) is 16.6 Å². The van der Waals surface area contributed by atoms with Crippen LogP contribution in [-0.4, -0.2) is 31.6 Å². The van der Waals surface area contributed by atoms with Crippen molar-refractivity contribution < 1.29 is 23.1 Å². The van der Waals surface area contributed by atoms with Gasteiger partial charge in [0.15, 0.2) is 11.5 Å². The van der Waals surface area contributed by atoms with Gasteiger partial charge in [0.05, 0.1) is 5.75 Å². The Balaban J connectivity index is 2.42. The maximum atomic E-state index is 12.7. The first kappa shape index (κ1) is 14.4. The van der Waals surface area contributed by atoms with E-state index in [2.05, 4.69) is 10.1 Å². The maximum Gasteiger partial charge on any atom is 0.435 e. The van der Waals surface area contributed by atoms with Gasteiger partial charge in [-0.15, -0.1) is 0 Å². The fourth-order valence-electron chi connectivity index (χ4n) is 1.38. The van der Waals surface area contributed by atoms with Crippen molar-refractivity contribution in [3.63, 3.8) is 0 Å². The molecule has 0 spiro atoms. The fraction of sp³-hybridized carbons (Fsp3) is 0.182. The largest absolute Gasteiger partial charge is 0.481 e. The van der Waals surface area contributed by atoms with Crippen LogP contribution in [0.15, 0.2) is 35.5 Å². The van der Waals surface area contributed by atoms with Crippen LogP contribution in [0.5, 0.6) is 0 Å². The Bertz CT molecular complexity index is 613. The van der Waals surface area contributed by atoms with Gasteiger partial charge >= 0.3 is 12.1 Å². The molecule has 2 aromatic rings. The standard InChI is InChI=1S/C11H8F3N3O2S/c12-11(13,14)7-5-9(20-6-10(18)19)17(16-7)8-3-1-2-4-15-8/h1-5H,6H2,(H,18,19). The van der Waals surface area contributed by atoms with Crippen LogP contribution in [0.4, 0.5) is 13.2 Å². The van der Waals surface area contributed by atoms with E-state index in [1.807, 2.05) is 0 Å². The molecule has 2 aromatic heterocycles. The summed E-state index contributed by atoms with van der Waals surface area (Å²) < 4.78 is 39.0. The van der Waals surface area contributed by atoms with Crippen molar-refractivity contribution in [2.75, 3.05) is 5.75 Å². The van der Waals surface area contributed by atoms with Gasteiger partial charge < -0.3 is 5.11 Å². The molecule has 0 atom stereocenters. The van der Waals surface area contributed by atoms with E-state index in [1.165, 1.54) is 12.3 Å².